The summed E-state index contributed by atoms with van der Waals surface area (Å²) >= 11 is 7.39. The molecule has 2 rings (SSSR count). The molecule has 0 aliphatic carbocycles. The highest BCUT2D eigenvalue weighted by Gasteiger charge is 2.11. The van der Waals surface area contributed by atoms with E-state index in [1.54, 1.807) is 23.9 Å². The molecule has 0 saturated heterocycles. The zero-order valence-corrected chi connectivity index (χ0v) is 12.0. The second-order valence-electron chi connectivity index (χ2n) is 3.74. The topological polar surface area (TPSA) is 42.0 Å². The summed E-state index contributed by atoms with van der Waals surface area (Å²) < 4.78 is 0. The molecule has 0 aliphatic heterocycles. The van der Waals surface area contributed by atoms with Crippen LogP contribution in [-0.2, 0) is 0 Å². The normalized spacial score (nSPS) is 10.2. The summed E-state index contributed by atoms with van der Waals surface area (Å²) in [5.74, 6) is 1.25. The highest BCUT2D eigenvalue weighted by Crippen LogP contribution is 2.23. The molecular weight excluding hydrogens is 280 g/mol. The van der Waals surface area contributed by atoms with Gasteiger partial charge in [-0.1, -0.05) is 30.7 Å². The summed E-state index contributed by atoms with van der Waals surface area (Å²) in [6.07, 6.45) is 1.50. The number of nitrogens with zero attached hydrogens (tertiary/aromatic N) is 1. The van der Waals surface area contributed by atoms with Gasteiger partial charge in [0.2, 0.25) is 0 Å². The predicted octanol–water partition coefficient (Wildman–Crippen LogP) is 4.10. The van der Waals surface area contributed by atoms with Crippen LogP contribution in [0.1, 0.15) is 17.3 Å². The number of hydrogen-bond donors (Lipinski definition) is 1. The van der Waals surface area contributed by atoms with Gasteiger partial charge in [0.25, 0.3) is 5.91 Å². The van der Waals surface area contributed by atoms with Crippen LogP contribution in [0.5, 0.6) is 0 Å². The molecule has 1 heterocycles. The fraction of sp³-hybridized carbons (Fsp3) is 0.143. The SMILES string of the molecule is CCSc1ccccc1C(=O)Nc1ccc(Cl)cn1. The summed E-state index contributed by atoms with van der Waals surface area (Å²) in [4.78, 5) is 17.2. The zero-order chi connectivity index (χ0) is 13.7. The van der Waals surface area contributed by atoms with Crippen LogP contribution in [0.4, 0.5) is 5.82 Å². The number of hydrogen-bond acceptors (Lipinski definition) is 3. The van der Waals surface area contributed by atoms with Crippen LogP contribution < -0.4 is 5.32 Å². The van der Waals surface area contributed by atoms with Crippen molar-refractivity contribution in [3.05, 3.63) is 53.2 Å². The Bertz CT molecular complexity index is 572. The van der Waals surface area contributed by atoms with E-state index >= 15 is 0 Å². The lowest BCUT2D eigenvalue weighted by Crippen LogP contribution is -2.13. The number of halogens is 1. The van der Waals surface area contributed by atoms with Gasteiger partial charge in [-0.25, -0.2) is 4.98 Å². The van der Waals surface area contributed by atoms with Crippen molar-refractivity contribution in [1.82, 2.24) is 4.98 Å². The molecule has 98 valence electrons. The number of thioether (sulfide) groups is 1. The van der Waals surface area contributed by atoms with Gasteiger partial charge in [-0.2, -0.15) is 0 Å². The molecule has 1 aromatic carbocycles. The first-order valence-corrected chi connectivity index (χ1v) is 7.22. The van der Waals surface area contributed by atoms with E-state index in [1.807, 2.05) is 24.3 Å². The first-order chi connectivity index (χ1) is 9.20. The van der Waals surface area contributed by atoms with Gasteiger partial charge in [0.15, 0.2) is 0 Å². The highest BCUT2D eigenvalue weighted by molar-refractivity contribution is 7.99. The molecule has 0 bridgehead atoms. The van der Waals surface area contributed by atoms with Crippen molar-refractivity contribution in [2.45, 2.75) is 11.8 Å². The molecule has 3 nitrogen and oxygen atoms in total. The average molecular weight is 293 g/mol. The predicted molar refractivity (Wildman–Crippen MR) is 80.0 cm³/mol. The molecule has 0 unspecified atom stereocenters. The third-order valence-corrected chi connectivity index (χ3v) is 3.58. The van der Waals surface area contributed by atoms with Crippen LogP contribution in [0.3, 0.4) is 0 Å². The number of aromatic nitrogens is 1. The standard InChI is InChI=1S/C14H13ClN2OS/c1-2-19-12-6-4-3-5-11(12)14(18)17-13-8-7-10(15)9-16-13/h3-9H,2H2,1H3,(H,16,17,18). The Morgan fingerprint density at radius 2 is 2.11 bits per heavy atom. The third-order valence-electron chi connectivity index (χ3n) is 2.40. The molecule has 0 radical (unpaired) electrons. The first-order valence-electron chi connectivity index (χ1n) is 5.85. The van der Waals surface area contributed by atoms with Gasteiger partial charge in [-0.3, -0.25) is 4.79 Å². The Morgan fingerprint density at radius 1 is 1.32 bits per heavy atom. The van der Waals surface area contributed by atoms with Gasteiger partial charge in [-0.15, -0.1) is 11.8 Å². The zero-order valence-electron chi connectivity index (χ0n) is 10.4. The number of carbonyl (C=O) groups is 1. The van der Waals surface area contributed by atoms with Crippen molar-refractivity contribution >= 4 is 35.1 Å². The largest absolute Gasteiger partial charge is 0.307 e. The lowest BCUT2D eigenvalue weighted by Gasteiger charge is -2.08. The second-order valence-corrected chi connectivity index (χ2v) is 5.49. The molecule has 19 heavy (non-hydrogen) atoms. The maximum absolute atomic E-state index is 12.2. The van der Waals surface area contributed by atoms with Crippen molar-refractivity contribution in [3.63, 3.8) is 0 Å². The number of pyridine rings is 1. The van der Waals surface area contributed by atoms with Crippen molar-refractivity contribution in [1.29, 1.82) is 0 Å². The average Bonchev–Trinajstić information content (AvgIpc) is 2.42. The molecular formula is C14H13ClN2OS. The van der Waals surface area contributed by atoms with E-state index in [4.69, 9.17) is 11.6 Å². The van der Waals surface area contributed by atoms with Crippen LogP contribution in [-0.4, -0.2) is 16.6 Å². The molecule has 5 heteroatoms. The molecule has 0 saturated carbocycles. The molecule has 1 N–H and O–H groups in total. The molecule has 0 fully saturated rings. The van der Waals surface area contributed by atoms with Crippen LogP contribution in [0.2, 0.25) is 5.02 Å². The fourth-order valence-corrected chi connectivity index (χ4v) is 2.48. The van der Waals surface area contributed by atoms with Crippen molar-refractivity contribution < 1.29 is 4.79 Å². The molecule has 1 amide bonds. The minimum atomic E-state index is -0.161. The summed E-state index contributed by atoms with van der Waals surface area (Å²) in [6, 6.07) is 10.9. The number of rotatable bonds is 4. The van der Waals surface area contributed by atoms with Gasteiger partial charge in [0.05, 0.1) is 10.6 Å². The molecule has 2 aromatic rings. The van der Waals surface area contributed by atoms with Crippen LogP contribution in [0.25, 0.3) is 0 Å². The smallest absolute Gasteiger partial charge is 0.257 e. The van der Waals surface area contributed by atoms with E-state index in [2.05, 4.69) is 17.2 Å². The molecule has 0 atom stereocenters. The van der Waals surface area contributed by atoms with E-state index in [0.29, 0.717) is 16.4 Å². The van der Waals surface area contributed by atoms with E-state index in [-0.39, 0.29) is 5.91 Å². The summed E-state index contributed by atoms with van der Waals surface area (Å²) in [5, 5.41) is 3.30. The Kier molecular flexibility index (Phi) is 4.82. The van der Waals surface area contributed by atoms with Crippen molar-refractivity contribution in [2.24, 2.45) is 0 Å². The van der Waals surface area contributed by atoms with Crippen molar-refractivity contribution in [3.8, 4) is 0 Å². The van der Waals surface area contributed by atoms with Gasteiger partial charge in [0.1, 0.15) is 5.82 Å². The lowest BCUT2D eigenvalue weighted by atomic mass is 10.2. The second kappa shape index (κ2) is 6.59. The van der Waals surface area contributed by atoms with E-state index in [0.717, 1.165) is 10.6 Å². The van der Waals surface area contributed by atoms with Gasteiger partial charge in [0, 0.05) is 11.1 Å². The monoisotopic (exact) mass is 292 g/mol. The Morgan fingerprint density at radius 3 is 2.79 bits per heavy atom. The van der Waals surface area contributed by atoms with E-state index in [9.17, 15) is 4.79 Å². The Hall–Kier alpha value is -1.52. The number of nitrogens with one attached hydrogen (secondary N) is 1. The number of benzene rings is 1. The summed E-state index contributed by atoms with van der Waals surface area (Å²) in [7, 11) is 0. The quantitative estimate of drug-likeness (QED) is 0.863. The van der Waals surface area contributed by atoms with Gasteiger partial charge in [-0.05, 0) is 30.0 Å². The summed E-state index contributed by atoms with van der Waals surface area (Å²) in [6.45, 7) is 2.06. The fourth-order valence-electron chi connectivity index (χ4n) is 1.57. The highest BCUT2D eigenvalue weighted by atomic mass is 35.5. The van der Waals surface area contributed by atoms with Gasteiger partial charge >= 0.3 is 0 Å². The van der Waals surface area contributed by atoms with Crippen LogP contribution in [0, 0.1) is 0 Å². The van der Waals surface area contributed by atoms with E-state index < -0.39 is 0 Å². The van der Waals surface area contributed by atoms with E-state index in [1.165, 1.54) is 6.20 Å². The van der Waals surface area contributed by atoms with Gasteiger partial charge < -0.3 is 5.32 Å². The number of anilines is 1. The minimum Gasteiger partial charge on any atom is -0.307 e. The first kappa shape index (κ1) is 13.9. The summed E-state index contributed by atoms with van der Waals surface area (Å²) in [5.41, 5.74) is 0.658. The maximum Gasteiger partial charge on any atom is 0.257 e. The Labute approximate surface area is 121 Å². The molecule has 0 aliphatic rings. The van der Waals surface area contributed by atoms with Crippen LogP contribution in [0.15, 0.2) is 47.5 Å². The number of carbonyl (C=O) groups excluding carboxylic acids is 1. The Balaban J connectivity index is 2.18. The van der Waals surface area contributed by atoms with Crippen LogP contribution >= 0.6 is 23.4 Å². The third kappa shape index (κ3) is 3.72. The number of amides is 1. The lowest BCUT2D eigenvalue weighted by molar-refractivity contribution is 0.102. The molecule has 0 spiro atoms. The van der Waals surface area contributed by atoms with Crippen molar-refractivity contribution in [2.75, 3.05) is 11.1 Å². The molecule has 1 aromatic heterocycles. The maximum atomic E-state index is 12.2. The minimum absolute atomic E-state index is 0.161.